The van der Waals surface area contributed by atoms with Gasteiger partial charge in [-0.3, -0.25) is 9.59 Å². The number of hydrogen-bond acceptors (Lipinski definition) is 4. The smallest absolute Gasteiger partial charge is 0.303 e. The maximum Gasteiger partial charge on any atom is 0.303 e. The zero-order chi connectivity index (χ0) is 18.7. The second-order valence-corrected chi connectivity index (χ2v) is 6.86. The van der Waals surface area contributed by atoms with Crippen molar-refractivity contribution in [3.05, 3.63) is 24.3 Å². The van der Waals surface area contributed by atoms with E-state index in [0.717, 1.165) is 25.7 Å². The van der Waals surface area contributed by atoms with E-state index in [-0.39, 0.29) is 30.5 Å². The highest BCUT2D eigenvalue weighted by Gasteiger charge is 2.39. The van der Waals surface area contributed by atoms with Crippen LogP contribution in [0.25, 0.3) is 0 Å². The van der Waals surface area contributed by atoms with Crippen molar-refractivity contribution in [3.63, 3.8) is 0 Å². The quantitative estimate of drug-likeness (QED) is 0.370. The van der Waals surface area contributed by atoms with Crippen molar-refractivity contribution in [2.24, 2.45) is 11.8 Å². The number of carboxylic acid groups (broad SMARTS) is 1. The van der Waals surface area contributed by atoms with Crippen LogP contribution in [0.4, 0.5) is 0 Å². The summed E-state index contributed by atoms with van der Waals surface area (Å²) in [6, 6.07) is 0. The molecule has 1 rings (SSSR count). The molecular weight excluding hydrogens is 320 g/mol. The van der Waals surface area contributed by atoms with E-state index < -0.39 is 18.2 Å². The summed E-state index contributed by atoms with van der Waals surface area (Å²) in [5.41, 5.74) is 0. The van der Waals surface area contributed by atoms with E-state index in [1.54, 1.807) is 12.2 Å². The monoisotopic (exact) mass is 352 g/mol. The maximum atomic E-state index is 12.0. The van der Waals surface area contributed by atoms with Crippen LogP contribution in [-0.4, -0.2) is 39.3 Å². The van der Waals surface area contributed by atoms with Crippen molar-refractivity contribution >= 4 is 11.8 Å². The third-order valence-corrected chi connectivity index (χ3v) is 4.71. The molecule has 0 spiro atoms. The lowest BCUT2D eigenvalue weighted by Crippen LogP contribution is -2.19. The van der Waals surface area contributed by atoms with E-state index >= 15 is 0 Å². The maximum absolute atomic E-state index is 12.0. The molecule has 1 fully saturated rings. The van der Waals surface area contributed by atoms with Gasteiger partial charge in [0, 0.05) is 24.7 Å². The minimum absolute atomic E-state index is 0.128. The van der Waals surface area contributed by atoms with Gasteiger partial charge < -0.3 is 15.3 Å². The second-order valence-electron chi connectivity index (χ2n) is 6.86. The molecule has 1 aliphatic carbocycles. The van der Waals surface area contributed by atoms with E-state index in [2.05, 4.69) is 6.92 Å². The van der Waals surface area contributed by atoms with Gasteiger partial charge in [-0.2, -0.15) is 0 Å². The van der Waals surface area contributed by atoms with Crippen LogP contribution in [0, 0.1) is 11.8 Å². The van der Waals surface area contributed by atoms with Crippen molar-refractivity contribution in [3.8, 4) is 0 Å². The van der Waals surface area contributed by atoms with Crippen molar-refractivity contribution in [2.75, 3.05) is 0 Å². The third kappa shape index (κ3) is 8.45. The van der Waals surface area contributed by atoms with Crippen LogP contribution in [0.5, 0.6) is 0 Å². The standard InChI is InChI=1S/C20H32O5/c1-2-3-6-10-16-17(19(23)14-18(16)22)13-12-15(21)9-7-4-5-8-11-20(24)25/h4,7,12-13,15-17,19,21,23H,2-3,5-6,8-11,14H2,1H3,(H,24,25)/b7-4-,13-12+/t15-,16+,17-,19-/m0/s1. The summed E-state index contributed by atoms with van der Waals surface area (Å²) in [4.78, 5) is 22.4. The third-order valence-electron chi connectivity index (χ3n) is 4.71. The topological polar surface area (TPSA) is 94.8 Å². The predicted molar refractivity (Wildman–Crippen MR) is 97.1 cm³/mol. The highest BCUT2D eigenvalue weighted by atomic mass is 16.4. The normalized spacial score (nSPS) is 25.2. The van der Waals surface area contributed by atoms with Gasteiger partial charge in [0.2, 0.25) is 0 Å². The summed E-state index contributed by atoms with van der Waals surface area (Å²) in [6.45, 7) is 2.12. The number of carboxylic acids is 1. The first-order chi connectivity index (χ1) is 12.0. The van der Waals surface area contributed by atoms with Gasteiger partial charge in [-0.25, -0.2) is 0 Å². The van der Waals surface area contributed by atoms with Crippen LogP contribution >= 0.6 is 0 Å². The molecule has 0 aliphatic heterocycles. The van der Waals surface area contributed by atoms with Crippen LogP contribution in [-0.2, 0) is 9.59 Å². The summed E-state index contributed by atoms with van der Waals surface area (Å²) in [7, 11) is 0. The number of unbranched alkanes of at least 4 members (excludes halogenated alkanes) is 3. The van der Waals surface area contributed by atoms with Gasteiger partial charge >= 0.3 is 5.97 Å². The molecule has 25 heavy (non-hydrogen) atoms. The Kier molecular flexibility index (Phi) is 10.3. The molecule has 0 aromatic rings. The van der Waals surface area contributed by atoms with E-state index in [4.69, 9.17) is 5.11 Å². The molecule has 0 saturated heterocycles. The van der Waals surface area contributed by atoms with Gasteiger partial charge in [0.15, 0.2) is 0 Å². The Morgan fingerprint density at radius 3 is 2.72 bits per heavy atom. The fraction of sp³-hybridized carbons (Fsp3) is 0.700. The number of aliphatic hydroxyl groups excluding tert-OH is 2. The zero-order valence-electron chi connectivity index (χ0n) is 15.1. The van der Waals surface area contributed by atoms with Crippen LogP contribution < -0.4 is 0 Å². The molecule has 0 aromatic carbocycles. The summed E-state index contributed by atoms with van der Waals surface area (Å²) < 4.78 is 0. The Hall–Kier alpha value is -1.46. The first kappa shape index (κ1) is 21.6. The number of Topliss-reactive ketones (excluding diaryl/α,β-unsaturated/α-hetero) is 1. The highest BCUT2D eigenvalue weighted by molar-refractivity contribution is 5.84. The lowest BCUT2D eigenvalue weighted by Gasteiger charge is -2.17. The molecule has 5 heteroatoms. The fourth-order valence-electron chi connectivity index (χ4n) is 3.27. The molecule has 0 heterocycles. The Morgan fingerprint density at radius 1 is 1.28 bits per heavy atom. The lowest BCUT2D eigenvalue weighted by atomic mass is 9.88. The first-order valence-electron chi connectivity index (χ1n) is 9.39. The predicted octanol–water partition coefficient (Wildman–Crippen LogP) is 3.25. The number of carbonyl (C=O) groups excluding carboxylic acids is 1. The van der Waals surface area contributed by atoms with Crippen molar-refractivity contribution in [1.82, 2.24) is 0 Å². The van der Waals surface area contributed by atoms with Crippen LogP contribution in [0.3, 0.4) is 0 Å². The highest BCUT2D eigenvalue weighted by Crippen LogP contribution is 2.34. The number of carbonyl (C=O) groups is 2. The number of hydrogen-bond donors (Lipinski definition) is 3. The number of ketones is 1. The Balaban J connectivity index is 2.41. The first-order valence-corrected chi connectivity index (χ1v) is 9.39. The summed E-state index contributed by atoms with van der Waals surface area (Å²) in [5, 5.41) is 28.7. The number of aliphatic carboxylic acids is 1. The van der Waals surface area contributed by atoms with Crippen molar-refractivity contribution in [2.45, 2.75) is 76.9 Å². The van der Waals surface area contributed by atoms with Crippen LogP contribution in [0.15, 0.2) is 24.3 Å². The molecule has 1 saturated carbocycles. The molecule has 0 radical (unpaired) electrons. The van der Waals surface area contributed by atoms with Crippen molar-refractivity contribution < 1.29 is 24.9 Å². The SMILES string of the molecule is CCCCC[C@H]1C(=O)C[C@H](O)[C@H]1/C=C/[C@@H](O)C/C=C\CCCC(=O)O. The minimum atomic E-state index is -0.797. The zero-order valence-corrected chi connectivity index (χ0v) is 15.1. The second kappa shape index (κ2) is 12.0. The van der Waals surface area contributed by atoms with Gasteiger partial charge in [-0.1, -0.05) is 50.5 Å². The molecule has 3 N–H and O–H groups in total. The summed E-state index contributed by atoms with van der Waals surface area (Å²) >= 11 is 0. The number of aliphatic hydroxyl groups is 2. The van der Waals surface area contributed by atoms with E-state index in [9.17, 15) is 19.8 Å². The van der Waals surface area contributed by atoms with Crippen molar-refractivity contribution in [1.29, 1.82) is 0 Å². The fourth-order valence-corrected chi connectivity index (χ4v) is 3.27. The largest absolute Gasteiger partial charge is 0.481 e. The number of allylic oxidation sites excluding steroid dienone is 1. The average Bonchev–Trinajstić information content (AvgIpc) is 2.82. The Morgan fingerprint density at radius 2 is 2.04 bits per heavy atom. The summed E-state index contributed by atoms with van der Waals surface area (Å²) in [6.07, 6.45) is 11.9. The van der Waals surface area contributed by atoms with E-state index in [0.29, 0.717) is 19.3 Å². The van der Waals surface area contributed by atoms with Gasteiger partial charge in [-0.05, 0) is 25.7 Å². The molecule has 0 aromatic heterocycles. The minimum Gasteiger partial charge on any atom is -0.481 e. The van der Waals surface area contributed by atoms with E-state index in [1.165, 1.54) is 0 Å². The molecule has 5 nitrogen and oxygen atoms in total. The Bertz CT molecular complexity index is 469. The van der Waals surface area contributed by atoms with Gasteiger partial charge in [-0.15, -0.1) is 0 Å². The molecule has 4 atom stereocenters. The number of rotatable bonds is 12. The van der Waals surface area contributed by atoms with E-state index in [1.807, 2.05) is 12.2 Å². The van der Waals surface area contributed by atoms with Gasteiger partial charge in [0.25, 0.3) is 0 Å². The molecule has 0 amide bonds. The lowest BCUT2D eigenvalue weighted by molar-refractivity contribution is -0.137. The summed E-state index contributed by atoms with van der Waals surface area (Å²) in [5.74, 6) is -0.990. The van der Waals surface area contributed by atoms with Gasteiger partial charge in [0.1, 0.15) is 5.78 Å². The molecule has 0 bridgehead atoms. The van der Waals surface area contributed by atoms with Crippen LogP contribution in [0.1, 0.15) is 64.7 Å². The van der Waals surface area contributed by atoms with Crippen LogP contribution in [0.2, 0.25) is 0 Å². The molecular formula is C20H32O5. The average molecular weight is 352 g/mol. The molecule has 1 aliphatic rings. The van der Waals surface area contributed by atoms with Gasteiger partial charge in [0.05, 0.1) is 12.2 Å². The molecule has 142 valence electrons. The Labute approximate surface area is 150 Å². The molecule has 0 unspecified atom stereocenters.